The maximum atomic E-state index is 12.7. The van der Waals surface area contributed by atoms with E-state index in [0.717, 1.165) is 12.1 Å². The average molecular weight is 283 g/mol. The lowest BCUT2D eigenvalue weighted by Crippen LogP contribution is -2.14. The van der Waals surface area contributed by atoms with Gasteiger partial charge in [-0.15, -0.1) is 0 Å². The van der Waals surface area contributed by atoms with Crippen molar-refractivity contribution in [3.63, 3.8) is 0 Å². The molecule has 1 aromatic carbocycles. The molecule has 3 nitrogen and oxygen atoms in total. The predicted octanol–water partition coefficient (Wildman–Crippen LogP) is 3.36. The number of nitriles is 1. The van der Waals surface area contributed by atoms with Gasteiger partial charge in [0.05, 0.1) is 30.1 Å². The van der Waals surface area contributed by atoms with Gasteiger partial charge in [0.2, 0.25) is 0 Å². The molecule has 2 unspecified atom stereocenters. The van der Waals surface area contributed by atoms with Crippen molar-refractivity contribution in [2.24, 2.45) is 0 Å². The predicted molar refractivity (Wildman–Crippen MR) is 63.8 cm³/mol. The van der Waals surface area contributed by atoms with Gasteiger partial charge in [-0.1, -0.05) is 6.07 Å². The maximum Gasteiger partial charge on any atom is 0.416 e. The Hall–Kier alpha value is -2.03. The van der Waals surface area contributed by atoms with Crippen LogP contribution in [0.5, 0.6) is 0 Å². The van der Waals surface area contributed by atoms with Gasteiger partial charge in [-0.3, -0.25) is 4.79 Å². The van der Waals surface area contributed by atoms with E-state index in [-0.39, 0.29) is 18.6 Å². The molecule has 6 heteroatoms. The first-order valence-corrected chi connectivity index (χ1v) is 6.15. The number of carbonyl (C=O) groups excluding carboxylic acids is 1. The molecule has 106 valence electrons. The molecule has 0 aromatic heterocycles. The Bertz CT molecular complexity index is 575. The van der Waals surface area contributed by atoms with Crippen LogP contribution in [0.1, 0.15) is 41.9 Å². The van der Waals surface area contributed by atoms with Gasteiger partial charge < -0.3 is 4.74 Å². The summed E-state index contributed by atoms with van der Waals surface area (Å²) in [5, 5.41) is 9.05. The summed E-state index contributed by atoms with van der Waals surface area (Å²) in [5.41, 5.74) is -0.0764. The third-order valence-corrected chi connectivity index (χ3v) is 3.36. The van der Waals surface area contributed by atoms with Crippen LogP contribution in [0, 0.1) is 11.3 Å². The molecular weight excluding hydrogens is 271 g/mol. The quantitative estimate of drug-likeness (QED) is 0.782. The number of hydrogen-bond acceptors (Lipinski definition) is 3. The minimum Gasteiger partial charge on any atom is -0.466 e. The fraction of sp³-hybridized carbons (Fsp3) is 0.429. The normalized spacial score (nSPS) is 21.1. The summed E-state index contributed by atoms with van der Waals surface area (Å²) >= 11 is 0. The molecular formula is C14H12F3NO2. The first-order valence-electron chi connectivity index (χ1n) is 6.15. The monoisotopic (exact) mass is 283 g/mol. The molecule has 0 bridgehead atoms. The van der Waals surface area contributed by atoms with Crippen LogP contribution in [0.2, 0.25) is 0 Å². The first kappa shape index (κ1) is 14.4. The number of hydrogen-bond donors (Lipinski definition) is 0. The number of ether oxygens (including phenoxy) is 1. The highest BCUT2D eigenvalue weighted by molar-refractivity contribution is 5.80. The van der Waals surface area contributed by atoms with Crippen LogP contribution in [0.15, 0.2) is 18.2 Å². The van der Waals surface area contributed by atoms with Gasteiger partial charge in [-0.25, -0.2) is 0 Å². The van der Waals surface area contributed by atoms with E-state index < -0.39 is 29.5 Å². The molecule has 0 radical (unpaired) electrons. The molecule has 0 spiro atoms. The van der Waals surface area contributed by atoms with Crippen molar-refractivity contribution in [3.8, 4) is 6.07 Å². The molecule has 0 heterocycles. The van der Waals surface area contributed by atoms with E-state index in [9.17, 15) is 18.0 Å². The molecule has 0 saturated carbocycles. The first-order chi connectivity index (χ1) is 9.38. The van der Waals surface area contributed by atoms with Gasteiger partial charge >= 0.3 is 12.1 Å². The highest BCUT2D eigenvalue weighted by Crippen LogP contribution is 2.44. The summed E-state index contributed by atoms with van der Waals surface area (Å²) < 4.78 is 43.1. The second-order valence-electron chi connectivity index (χ2n) is 4.56. The van der Waals surface area contributed by atoms with Crippen LogP contribution in [-0.2, 0) is 15.7 Å². The SMILES string of the molecule is CCOC(=O)C1CC(C#N)c2ccc(C(F)(F)F)cc21. The van der Waals surface area contributed by atoms with Crippen LogP contribution in [-0.4, -0.2) is 12.6 Å². The molecule has 0 fully saturated rings. The van der Waals surface area contributed by atoms with E-state index >= 15 is 0 Å². The zero-order valence-electron chi connectivity index (χ0n) is 10.7. The fourth-order valence-corrected chi connectivity index (χ4v) is 2.45. The smallest absolute Gasteiger partial charge is 0.416 e. The summed E-state index contributed by atoms with van der Waals surface area (Å²) in [5.74, 6) is -1.94. The van der Waals surface area contributed by atoms with E-state index in [1.54, 1.807) is 6.92 Å². The van der Waals surface area contributed by atoms with E-state index in [0.29, 0.717) is 5.56 Å². The van der Waals surface area contributed by atoms with E-state index in [4.69, 9.17) is 10.00 Å². The number of alkyl halides is 3. The number of carbonyl (C=O) groups is 1. The lowest BCUT2D eigenvalue weighted by atomic mass is 9.99. The molecule has 1 aliphatic rings. The van der Waals surface area contributed by atoms with Crippen molar-refractivity contribution in [1.82, 2.24) is 0 Å². The van der Waals surface area contributed by atoms with Gasteiger partial charge in [0, 0.05) is 0 Å². The van der Waals surface area contributed by atoms with Gasteiger partial charge in [0.15, 0.2) is 0 Å². The average Bonchev–Trinajstić information content (AvgIpc) is 2.75. The third kappa shape index (κ3) is 2.48. The number of rotatable bonds is 2. The van der Waals surface area contributed by atoms with Crippen molar-refractivity contribution < 1.29 is 22.7 Å². The van der Waals surface area contributed by atoms with Crippen LogP contribution in [0.3, 0.4) is 0 Å². The summed E-state index contributed by atoms with van der Waals surface area (Å²) in [6.07, 6.45) is -4.30. The van der Waals surface area contributed by atoms with Gasteiger partial charge in [0.25, 0.3) is 0 Å². The second-order valence-corrected chi connectivity index (χ2v) is 4.56. The van der Waals surface area contributed by atoms with Gasteiger partial charge in [-0.2, -0.15) is 18.4 Å². The Morgan fingerprint density at radius 3 is 2.70 bits per heavy atom. The Kier molecular flexibility index (Phi) is 3.71. The van der Waals surface area contributed by atoms with E-state index in [1.807, 2.05) is 6.07 Å². The van der Waals surface area contributed by atoms with Crippen molar-refractivity contribution in [2.75, 3.05) is 6.61 Å². The fourth-order valence-electron chi connectivity index (χ4n) is 2.45. The number of fused-ring (bicyclic) bond motifs is 1. The molecule has 1 aliphatic carbocycles. The Labute approximate surface area is 114 Å². The lowest BCUT2D eigenvalue weighted by molar-refractivity contribution is -0.145. The molecule has 0 amide bonds. The number of nitrogens with zero attached hydrogens (tertiary/aromatic N) is 1. The number of halogens is 3. The van der Waals surface area contributed by atoms with E-state index in [1.165, 1.54) is 6.07 Å². The lowest BCUT2D eigenvalue weighted by Gasteiger charge is -2.13. The molecule has 2 atom stereocenters. The van der Waals surface area contributed by atoms with Crippen molar-refractivity contribution in [2.45, 2.75) is 31.4 Å². The molecule has 1 aromatic rings. The van der Waals surface area contributed by atoms with Crippen LogP contribution < -0.4 is 0 Å². The highest BCUT2D eigenvalue weighted by atomic mass is 19.4. The van der Waals surface area contributed by atoms with E-state index in [2.05, 4.69) is 0 Å². The Morgan fingerprint density at radius 2 is 2.15 bits per heavy atom. The van der Waals surface area contributed by atoms with Crippen LogP contribution >= 0.6 is 0 Å². The largest absolute Gasteiger partial charge is 0.466 e. The molecule has 0 aliphatic heterocycles. The standard InChI is InChI=1S/C14H12F3NO2/c1-2-20-13(19)12-5-8(7-18)10-4-3-9(6-11(10)12)14(15,16)17/h3-4,6,8,12H,2,5H2,1H3. The minimum absolute atomic E-state index is 0.154. The van der Waals surface area contributed by atoms with Crippen molar-refractivity contribution in [1.29, 1.82) is 5.26 Å². The van der Waals surface area contributed by atoms with Gasteiger partial charge in [-0.05, 0) is 36.6 Å². The zero-order chi connectivity index (χ0) is 14.9. The Morgan fingerprint density at radius 1 is 1.45 bits per heavy atom. The molecule has 0 saturated heterocycles. The number of esters is 1. The summed E-state index contributed by atoms with van der Waals surface area (Å²) in [4.78, 5) is 11.8. The van der Waals surface area contributed by atoms with Crippen molar-refractivity contribution in [3.05, 3.63) is 34.9 Å². The highest BCUT2D eigenvalue weighted by Gasteiger charge is 2.39. The van der Waals surface area contributed by atoms with Crippen molar-refractivity contribution >= 4 is 5.97 Å². The minimum atomic E-state index is -4.47. The summed E-state index contributed by atoms with van der Waals surface area (Å²) in [7, 11) is 0. The maximum absolute atomic E-state index is 12.7. The summed E-state index contributed by atoms with van der Waals surface area (Å²) in [6, 6.07) is 5.19. The second kappa shape index (κ2) is 5.16. The number of benzene rings is 1. The van der Waals surface area contributed by atoms with Crippen LogP contribution in [0.25, 0.3) is 0 Å². The van der Waals surface area contributed by atoms with Crippen LogP contribution in [0.4, 0.5) is 13.2 Å². The third-order valence-electron chi connectivity index (χ3n) is 3.36. The molecule has 20 heavy (non-hydrogen) atoms. The molecule has 2 rings (SSSR count). The Balaban J connectivity index is 2.46. The molecule has 0 N–H and O–H groups in total. The topological polar surface area (TPSA) is 50.1 Å². The van der Waals surface area contributed by atoms with Gasteiger partial charge in [0.1, 0.15) is 0 Å². The zero-order valence-corrected chi connectivity index (χ0v) is 10.7. The summed E-state index contributed by atoms with van der Waals surface area (Å²) in [6.45, 7) is 1.78.